The maximum atomic E-state index is 12.7. The highest BCUT2D eigenvalue weighted by atomic mass is 32.1. The number of hydrogen-bond acceptors (Lipinski definition) is 7. The summed E-state index contributed by atoms with van der Waals surface area (Å²) in [7, 11) is 1.58. The van der Waals surface area contributed by atoms with Gasteiger partial charge in [0, 0.05) is 18.8 Å². The van der Waals surface area contributed by atoms with Crippen molar-refractivity contribution in [2.24, 2.45) is 0 Å². The number of carbonyl (C=O) groups is 1. The molecule has 8 nitrogen and oxygen atoms in total. The minimum atomic E-state index is -0.616. The standard InChI is InChI=1S/C15H13N5O3S/c1-8-18-12-4-3-9(6-13(12)24-8)19(2)15(21)11-5-10(20(22)23)7-17-14(11)16/h3-7H,1-2H3,(H2,16,17). The van der Waals surface area contributed by atoms with Gasteiger partial charge in [-0.25, -0.2) is 9.97 Å². The van der Waals surface area contributed by atoms with Crippen molar-refractivity contribution < 1.29 is 9.72 Å². The molecule has 2 heterocycles. The van der Waals surface area contributed by atoms with Gasteiger partial charge in [0.25, 0.3) is 11.6 Å². The molecule has 3 rings (SSSR count). The number of pyridine rings is 1. The molecule has 0 saturated carbocycles. The van der Waals surface area contributed by atoms with E-state index in [2.05, 4.69) is 9.97 Å². The lowest BCUT2D eigenvalue weighted by Crippen LogP contribution is -2.27. The lowest BCUT2D eigenvalue weighted by atomic mass is 10.2. The topological polar surface area (TPSA) is 115 Å². The predicted octanol–water partition coefficient (Wildman–Crippen LogP) is 2.77. The molecule has 2 aromatic heterocycles. The first kappa shape index (κ1) is 15.8. The van der Waals surface area contributed by atoms with E-state index in [4.69, 9.17) is 5.73 Å². The third-order valence-corrected chi connectivity index (χ3v) is 4.45. The molecule has 0 unspecified atom stereocenters. The molecule has 2 N–H and O–H groups in total. The van der Waals surface area contributed by atoms with Gasteiger partial charge in [0.05, 0.1) is 25.7 Å². The molecule has 3 aromatic rings. The van der Waals surface area contributed by atoms with Crippen LogP contribution < -0.4 is 10.6 Å². The first-order valence-electron chi connectivity index (χ1n) is 6.92. The molecule has 0 aliphatic heterocycles. The molecule has 0 saturated heterocycles. The molecule has 24 heavy (non-hydrogen) atoms. The summed E-state index contributed by atoms with van der Waals surface area (Å²) in [6.07, 6.45) is 1.03. The highest BCUT2D eigenvalue weighted by molar-refractivity contribution is 7.18. The van der Waals surface area contributed by atoms with E-state index in [1.165, 1.54) is 16.2 Å². The molecule has 1 amide bonds. The number of carbonyl (C=O) groups excluding carboxylic acids is 1. The Balaban J connectivity index is 1.98. The third kappa shape index (κ3) is 2.76. The summed E-state index contributed by atoms with van der Waals surface area (Å²) in [6, 6.07) is 6.57. The number of thiazole rings is 1. The van der Waals surface area contributed by atoms with Crippen molar-refractivity contribution in [2.45, 2.75) is 6.92 Å². The second-order valence-electron chi connectivity index (χ2n) is 5.13. The highest BCUT2D eigenvalue weighted by Crippen LogP contribution is 2.28. The quantitative estimate of drug-likeness (QED) is 0.577. The zero-order chi connectivity index (χ0) is 17.4. The van der Waals surface area contributed by atoms with Gasteiger partial charge in [-0.1, -0.05) is 0 Å². The Kier molecular flexibility index (Phi) is 3.86. The first-order valence-corrected chi connectivity index (χ1v) is 7.73. The van der Waals surface area contributed by atoms with Crippen molar-refractivity contribution in [3.63, 3.8) is 0 Å². The van der Waals surface area contributed by atoms with Gasteiger partial charge in [-0.3, -0.25) is 14.9 Å². The number of nitro groups is 1. The number of benzene rings is 1. The fourth-order valence-corrected chi connectivity index (χ4v) is 3.13. The van der Waals surface area contributed by atoms with Crippen LogP contribution in [0.3, 0.4) is 0 Å². The Labute approximate surface area is 140 Å². The van der Waals surface area contributed by atoms with Gasteiger partial charge in [-0.15, -0.1) is 11.3 Å². The first-order chi connectivity index (χ1) is 11.4. The molecule has 0 aliphatic rings. The van der Waals surface area contributed by atoms with Crippen LogP contribution in [-0.4, -0.2) is 27.8 Å². The molecular weight excluding hydrogens is 330 g/mol. The van der Waals surface area contributed by atoms with Gasteiger partial charge in [0.2, 0.25) is 0 Å². The van der Waals surface area contributed by atoms with Crippen LogP contribution in [0.5, 0.6) is 0 Å². The van der Waals surface area contributed by atoms with Crippen molar-refractivity contribution in [1.29, 1.82) is 0 Å². The number of nitrogen functional groups attached to an aromatic ring is 1. The third-order valence-electron chi connectivity index (χ3n) is 3.52. The molecule has 0 radical (unpaired) electrons. The Morgan fingerprint density at radius 3 is 2.83 bits per heavy atom. The number of nitrogens with two attached hydrogens (primary N) is 1. The Hall–Kier alpha value is -3.07. The van der Waals surface area contributed by atoms with Crippen LogP contribution in [0.25, 0.3) is 10.2 Å². The number of amides is 1. The van der Waals surface area contributed by atoms with Gasteiger partial charge < -0.3 is 10.6 Å². The van der Waals surface area contributed by atoms with Crippen LogP contribution in [0.15, 0.2) is 30.5 Å². The van der Waals surface area contributed by atoms with Gasteiger partial charge in [-0.05, 0) is 25.1 Å². The van der Waals surface area contributed by atoms with E-state index < -0.39 is 10.8 Å². The number of fused-ring (bicyclic) bond motifs is 1. The van der Waals surface area contributed by atoms with Crippen LogP contribution in [0.2, 0.25) is 0 Å². The Bertz CT molecular complexity index is 969. The van der Waals surface area contributed by atoms with Crippen molar-refractivity contribution >= 4 is 44.7 Å². The average molecular weight is 343 g/mol. The fraction of sp³-hybridized carbons (Fsp3) is 0.133. The molecule has 0 bridgehead atoms. The van der Waals surface area contributed by atoms with Crippen molar-refractivity contribution in [1.82, 2.24) is 9.97 Å². The van der Waals surface area contributed by atoms with Gasteiger partial charge in [0.1, 0.15) is 12.0 Å². The molecule has 1 aromatic carbocycles. The summed E-state index contributed by atoms with van der Waals surface area (Å²) in [5.41, 5.74) is 6.92. The molecule has 9 heteroatoms. The zero-order valence-corrected chi connectivity index (χ0v) is 13.7. The molecule has 0 spiro atoms. The van der Waals surface area contributed by atoms with Crippen LogP contribution in [0.1, 0.15) is 15.4 Å². The largest absolute Gasteiger partial charge is 0.383 e. The number of rotatable bonds is 3. The summed E-state index contributed by atoms with van der Waals surface area (Å²) < 4.78 is 0.954. The van der Waals surface area contributed by atoms with Gasteiger partial charge in [0.15, 0.2) is 0 Å². The molecular formula is C15H13N5O3S. The molecule has 0 aliphatic carbocycles. The number of nitrogens with zero attached hydrogens (tertiary/aromatic N) is 4. The van der Waals surface area contributed by atoms with Crippen LogP contribution in [0.4, 0.5) is 17.2 Å². The van der Waals surface area contributed by atoms with E-state index in [0.717, 1.165) is 27.5 Å². The molecule has 0 atom stereocenters. The fourth-order valence-electron chi connectivity index (χ4n) is 2.27. The van der Waals surface area contributed by atoms with Crippen molar-refractivity contribution in [3.05, 3.63) is 51.1 Å². The van der Waals surface area contributed by atoms with Crippen molar-refractivity contribution in [2.75, 3.05) is 17.7 Å². The van der Waals surface area contributed by atoms with Gasteiger partial charge in [-0.2, -0.15) is 0 Å². The lowest BCUT2D eigenvalue weighted by molar-refractivity contribution is -0.385. The maximum Gasteiger partial charge on any atom is 0.288 e. The normalized spacial score (nSPS) is 10.8. The average Bonchev–Trinajstić information content (AvgIpc) is 2.92. The van der Waals surface area contributed by atoms with Crippen molar-refractivity contribution in [3.8, 4) is 0 Å². The van der Waals surface area contributed by atoms with E-state index in [-0.39, 0.29) is 17.1 Å². The monoisotopic (exact) mass is 343 g/mol. The maximum absolute atomic E-state index is 12.7. The molecule has 0 fully saturated rings. The second-order valence-corrected chi connectivity index (χ2v) is 6.37. The van der Waals surface area contributed by atoms with Crippen LogP contribution in [0, 0.1) is 17.0 Å². The van der Waals surface area contributed by atoms with E-state index >= 15 is 0 Å². The van der Waals surface area contributed by atoms with E-state index in [1.54, 1.807) is 13.1 Å². The SMILES string of the molecule is Cc1nc2ccc(N(C)C(=O)c3cc([N+](=O)[O-])cnc3N)cc2s1. The zero-order valence-electron chi connectivity index (χ0n) is 12.9. The number of hydrogen-bond donors (Lipinski definition) is 1. The number of anilines is 2. The predicted molar refractivity (Wildman–Crippen MR) is 92.4 cm³/mol. The Morgan fingerprint density at radius 2 is 2.12 bits per heavy atom. The number of aromatic nitrogens is 2. The van der Waals surface area contributed by atoms with E-state index in [0.29, 0.717) is 5.69 Å². The smallest absolute Gasteiger partial charge is 0.288 e. The minimum Gasteiger partial charge on any atom is -0.383 e. The van der Waals surface area contributed by atoms with Crippen LogP contribution >= 0.6 is 11.3 Å². The second kappa shape index (κ2) is 5.85. The molecule has 122 valence electrons. The minimum absolute atomic E-state index is 0.00715. The summed E-state index contributed by atoms with van der Waals surface area (Å²) in [5.74, 6) is -0.517. The summed E-state index contributed by atoms with van der Waals surface area (Å²) >= 11 is 1.53. The Morgan fingerprint density at radius 1 is 1.38 bits per heavy atom. The van der Waals surface area contributed by atoms with E-state index in [9.17, 15) is 14.9 Å². The summed E-state index contributed by atoms with van der Waals surface area (Å²) in [4.78, 5) is 32.4. The van der Waals surface area contributed by atoms with Gasteiger partial charge >= 0.3 is 0 Å². The van der Waals surface area contributed by atoms with Crippen LogP contribution in [-0.2, 0) is 0 Å². The number of aryl methyl sites for hydroxylation is 1. The van der Waals surface area contributed by atoms with E-state index in [1.807, 2.05) is 19.1 Å². The summed E-state index contributed by atoms with van der Waals surface area (Å²) in [6.45, 7) is 1.91. The lowest BCUT2D eigenvalue weighted by Gasteiger charge is -2.18. The highest BCUT2D eigenvalue weighted by Gasteiger charge is 2.21. The summed E-state index contributed by atoms with van der Waals surface area (Å²) in [5, 5.41) is 11.8.